The SMILES string of the molecule is CC1c2cc3c4c(O)c2OCOc2c1cc1c(c2O)OCOc2c(cc5c6c2OCOc2c7c8cc9c2OCOc2c(cc%10c(c2O)OCOc2c(cc%11c(c2O)OCOc2c(cc(c(c2OCOc2c(c(cc(c2OCO4)[C@@H]3C)C5C)OCO6)OCO7)C8C)[C@@H]%11C)C%10C)[C@@H]9C)[C@H]1C. The number of hydrogen-bond acceptors (Lipinski definition) is 24. The second kappa shape index (κ2) is 21.2. The summed E-state index contributed by atoms with van der Waals surface area (Å²) in [5.41, 5.74) is 9.73. The minimum absolute atomic E-state index is 0.129. The maximum Gasteiger partial charge on any atom is 0.231 e. The fourth-order valence-corrected chi connectivity index (χ4v) is 16.2. The largest absolute Gasteiger partial charge is 0.502 e. The van der Waals surface area contributed by atoms with E-state index in [4.69, 9.17) is 94.7 Å². The van der Waals surface area contributed by atoms with Gasteiger partial charge in [0.1, 0.15) is 0 Å². The first kappa shape index (κ1) is 58.3. The minimum atomic E-state index is -0.642. The first-order valence-corrected chi connectivity index (χ1v) is 32.6. The topological polar surface area (TPSA) is 266 Å². The number of ether oxygens (including phenoxy) is 20. The van der Waals surface area contributed by atoms with E-state index in [0.29, 0.717) is 89.0 Å². The average molecular weight is 1340 g/mol. The lowest BCUT2D eigenvalue weighted by atomic mass is 9.79. The van der Waals surface area contributed by atoms with E-state index in [1.807, 2.05) is 104 Å². The number of fused-ring (bicyclic) bond motifs is 4. The van der Waals surface area contributed by atoms with Crippen LogP contribution in [0.1, 0.15) is 192 Å². The molecule has 0 fully saturated rings. The van der Waals surface area contributed by atoms with Crippen molar-refractivity contribution in [3.8, 4) is 138 Å². The highest BCUT2D eigenvalue weighted by Crippen LogP contribution is 2.64. The van der Waals surface area contributed by atoms with Crippen molar-refractivity contribution in [3.63, 3.8) is 0 Å². The summed E-state index contributed by atoms with van der Waals surface area (Å²) < 4.78 is 134. The number of aromatic hydroxyl groups is 4. The molecule has 98 heavy (non-hydrogen) atoms. The third-order valence-corrected chi connectivity index (χ3v) is 21.6. The molecule has 0 amide bonds. The standard InChI is InChI=1S/C74H64O24/c1-27-35-9-39-29(3)43-13-47-33(7)48-14-44-30(4)40-10-36(27)56-52(76)60(40)84-20-88-64(44)72-68(48)92-23-91-67(47)71(63(43)87-19-83-59(39)51(75)55(35)79-17-80-56)95-25-97-73-65-45-15-49-34(8)50-16-46-32(6)42-12-38-28(2)37-11-41(31(45)5)61(85-21-89-65)53(77)57(37)81-18-82-58(38)54(78)62(42)86-22-90-66(46)74(98-26-96-72)70(50)94-24-93-69(49)73/h9-16,27-34,75-78H,17-26H2,1-8H3/t27?,28?,29-,30+,31-,32+,33?,34?. The van der Waals surface area contributed by atoms with Crippen LogP contribution in [-0.2, 0) is 0 Å². The molecular weight excluding hydrogens is 1270 g/mol. The van der Waals surface area contributed by atoms with Gasteiger partial charge in [-0.25, -0.2) is 0 Å². The molecular formula is C74H64O24. The molecule has 11 aliphatic rings. The third kappa shape index (κ3) is 8.04. The van der Waals surface area contributed by atoms with Crippen LogP contribution < -0.4 is 94.7 Å². The van der Waals surface area contributed by atoms with E-state index in [0.717, 1.165) is 0 Å². The van der Waals surface area contributed by atoms with Crippen molar-refractivity contribution in [1.29, 1.82) is 0 Å². The molecule has 8 aromatic carbocycles. The molecule has 24 bridgehead atoms. The summed E-state index contributed by atoms with van der Waals surface area (Å²) in [6, 6.07) is 15.9. The van der Waals surface area contributed by atoms with Crippen molar-refractivity contribution < 1.29 is 115 Å². The van der Waals surface area contributed by atoms with Crippen molar-refractivity contribution in [1.82, 2.24) is 0 Å². The molecule has 24 heteroatoms. The van der Waals surface area contributed by atoms with Crippen LogP contribution in [0.2, 0.25) is 0 Å². The molecule has 4 N–H and O–H groups in total. The van der Waals surface area contributed by atoms with Gasteiger partial charge in [-0.05, 0) is 48.5 Å². The van der Waals surface area contributed by atoms with Crippen molar-refractivity contribution in [2.45, 2.75) is 103 Å². The molecule has 24 nitrogen and oxygen atoms in total. The Hall–Kier alpha value is -11.0. The quantitative estimate of drug-likeness (QED) is 0.110. The van der Waals surface area contributed by atoms with Gasteiger partial charge in [-0.15, -0.1) is 0 Å². The normalized spacial score (nSPS) is 22.9. The molecule has 19 rings (SSSR count). The van der Waals surface area contributed by atoms with Gasteiger partial charge in [0, 0.05) is 136 Å². The maximum absolute atomic E-state index is 12.5. The Kier molecular flexibility index (Phi) is 12.6. The predicted molar refractivity (Wildman–Crippen MR) is 340 cm³/mol. The lowest BCUT2D eigenvalue weighted by molar-refractivity contribution is 0.0521. The smallest absolute Gasteiger partial charge is 0.231 e. The van der Waals surface area contributed by atoms with Crippen LogP contribution in [0.5, 0.6) is 138 Å². The minimum Gasteiger partial charge on any atom is -0.502 e. The van der Waals surface area contributed by atoms with Crippen molar-refractivity contribution >= 4 is 0 Å². The summed E-state index contributed by atoms with van der Waals surface area (Å²) in [5, 5.41) is 49.9. The average Bonchev–Trinajstić information content (AvgIpc) is 0.730. The Balaban J connectivity index is 0.901. The molecule has 0 spiro atoms. The Labute approximate surface area is 559 Å². The van der Waals surface area contributed by atoms with E-state index in [-0.39, 0.29) is 138 Å². The van der Waals surface area contributed by atoms with Gasteiger partial charge in [0.15, 0.2) is 92.0 Å². The van der Waals surface area contributed by atoms with E-state index in [1.165, 1.54) is 0 Å². The summed E-state index contributed by atoms with van der Waals surface area (Å²) in [4.78, 5) is 0. The summed E-state index contributed by atoms with van der Waals surface area (Å²) in [7, 11) is 0. The maximum atomic E-state index is 12.5. The van der Waals surface area contributed by atoms with Crippen molar-refractivity contribution in [2.75, 3.05) is 67.9 Å². The second-order valence-electron chi connectivity index (χ2n) is 26.3. The first-order valence-electron chi connectivity index (χ1n) is 32.6. The van der Waals surface area contributed by atoms with Gasteiger partial charge in [0.2, 0.25) is 114 Å². The summed E-state index contributed by atoms with van der Waals surface area (Å²) >= 11 is 0. The van der Waals surface area contributed by atoms with Crippen molar-refractivity contribution in [2.24, 2.45) is 0 Å². The number of rotatable bonds is 0. The molecule has 0 radical (unpaired) electrons. The Morgan fingerprint density at radius 1 is 0.163 bits per heavy atom. The monoisotopic (exact) mass is 1340 g/mol. The van der Waals surface area contributed by atoms with Crippen LogP contribution in [-0.4, -0.2) is 88.4 Å². The van der Waals surface area contributed by atoms with Crippen molar-refractivity contribution in [3.05, 3.63) is 138 Å². The van der Waals surface area contributed by atoms with E-state index in [9.17, 15) is 20.4 Å². The van der Waals surface area contributed by atoms with Crippen LogP contribution in [0.15, 0.2) is 48.5 Å². The third-order valence-electron chi connectivity index (χ3n) is 21.6. The zero-order valence-electron chi connectivity index (χ0n) is 54.3. The zero-order chi connectivity index (χ0) is 66.6. The molecule has 8 atom stereocenters. The number of benzene rings is 8. The van der Waals surface area contributed by atoms with E-state index in [1.54, 1.807) is 0 Å². The molecule has 9 aliphatic heterocycles. The van der Waals surface area contributed by atoms with Gasteiger partial charge < -0.3 is 115 Å². The Morgan fingerprint density at radius 3 is 0.378 bits per heavy atom. The highest BCUT2D eigenvalue weighted by molar-refractivity contribution is 5.76. The summed E-state index contributed by atoms with van der Waals surface area (Å²) in [5.74, 6) is -2.52. The van der Waals surface area contributed by atoms with E-state index < -0.39 is 115 Å². The van der Waals surface area contributed by atoms with Crippen LogP contribution in [0.4, 0.5) is 0 Å². The lowest BCUT2D eigenvalue weighted by Gasteiger charge is -2.35. The van der Waals surface area contributed by atoms with E-state index >= 15 is 0 Å². The second-order valence-corrected chi connectivity index (χ2v) is 26.3. The zero-order valence-corrected chi connectivity index (χ0v) is 54.3. The van der Waals surface area contributed by atoms with Crippen LogP contribution >= 0.6 is 0 Å². The first-order chi connectivity index (χ1) is 47.6. The van der Waals surface area contributed by atoms with Crippen LogP contribution in [0.25, 0.3) is 0 Å². The van der Waals surface area contributed by atoms with Gasteiger partial charge in [-0.3, -0.25) is 0 Å². The molecule has 9 heterocycles. The van der Waals surface area contributed by atoms with Gasteiger partial charge >= 0.3 is 0 Å². The Bertz CT molecular complexity index is 4250. The van der Waals surface area contributed by atoms with Gasteiger partial charge in [0.25, 0.3) is 0 Å². The highest BCUT2D eigenvalue weighted by atomic mass is 16.7. The number of phenolic OH excluding ortho intramolecular Hbond substituents is 4. The van der Waals surface area contributed by atoms with Crippen LogP contribution in [0, 0.1) is 0 Å². The predicted octanol–water partition coefficient (Wildman–Crippen LogP) is 13.3. The van der Waals surface area contributed by atoms with Gasteiger partial charge in [-0.2, -0.15) is 0 Å². The fourth-order valence-electron chi connectivity index (χ4n) is 16.2. The summed E-state index contributed by atoms with van der Waals surface area (Å²) in [6.45, 7) is 11.4. The molecule has 0 saturated carbocycles. The number of hydrogen-bond donors (Lipinski definition) is 4. The number of phenols is 4. The fraction of sp³-hybridized carbons (Fsp3) is 0.351. The van der Waals surface area contributed by atoms with Gasteiger partial charge in [-0.1, -0.05) is 55.4 Å². The van der Waals surface area contributed by atoms with Crippen LogP contribution in [0.3, 0.4) is 0 Å². The molecule has 2 aliphatic carbocycles. The van der Waals surface area contributed by atoms with E-state index in [2.05, 4.69) is 0 Å². The van der Waals surface area contributed by atoms with Gasteiger partial charge in [0.05, 0.1) is 0 Å². The highest BCUT2D eigenvalue weighted by Gasteiger charge is 2.45. The molecule has 8 aromatic rings. The molecule has 504 valence electrons. The molecule has 0 aromatic heterocycles. The summed E-state index contributed by atoms with van der Waals surface area (Å²) in [6.07, 6.45) is 0. The Morgan fingerprint density at radius 2 is 0.255 bits per heavy atom. The molecule has 0 saturated heterocycles. The molecule has 4 unspecified atom stereocenters. The lowest BCUT2D eigenvalue weighted by Crippen LogP contribution is -2.24.